The minimum Gasteiger partial charge on any atom is -0.451 e. The van der Waals surface area contributed by atoms with Crippen molar-refractivity contribution in [3.05, 3.63) is 35.0 Å². The number of anilines is 1. The molecule has 2 aromatic heterocycles. The van der Waals surface area contributed by atoms with Crippen LogP contribution in [-0.4, -0.2) is 24.9 Å². The highest BCUT2D eigenvalue weighted by atomic mass is 79.9. The van der Waals surface area contributed by atoms with Crippen LogP contribution in [0.1, 0.15) is 19.1 Å². The second-order valence-electron chi connectivity index (χ2n) is 4.21. The predicted octanol–water partition coefficient (Wildman–Crippen LogP) is 2.13. The van der Waals surface area contributed by atoms with Crippen molar-refractivity contribution in [1.29, 1.82) is 0 Å². The third kappa shape index (κ3) is 4.26. The summed E-state index contributed by atoms with van der Waals surface area (Å²) in [5, 5.41) is 3.14. The molecule has 2 N–H and O–H groups in total. The summed E-state index contributed by atoms with van der Waals surface area (Å²) in [6.07, 6.45) is 3.89. The molecule has 9 heteroatoms. The monoisotopic (exact) mass is 374 g/mol. The number of nitrogens with one attached hydrogen (secondary N) is 2. The molecule has 7 nitrogen and oxygen atoms in total. The molecule has 0 amide bonds. The molecule has 0 aliphatic carbocycles. The first kappa shape index (κ1) is 15.9. The second-order valence-corrected chi connectivity index (χ2v) is 6.58. The number of aromatic nitrogens is 2. The van der Waals surface area contributed by atoms with Crippen LogP contribution in [0.2, 0.25) is 0 Å². The number of furan rings is 1. The normalized spacial score (nSPS) is 11.5. The van der Waals surface area contributed by atoms with Gasteiger partial charge in [-0.15, -0.1) is 0 Å². The largest absolute Gasteiger partial charge is 0.451 e. The van der Waals surface area contributed by atoms with Crippen molar-refractivity contribution >= 4 is 31.9 Å². The van der Waals surface area contributed by atoms with E-state index in [0.29, 0.717) is 12.3 Å². The SMILES string of the molecule is CCCNCc1cc(S(=O)(=O)Nc2ncccn2)c(Br)o1. The first-order valence-corrected chi connectivity index (χ1v) is 8.59. The van der Waals surface area contributed by atoms with Gasteiger partial charge < -0.3 is 9.73 Å². The van der Waals surface area contributed by atoms with Crippen molar-refractivity contribution in [2.45, 2.75) is 24.8 Å². The molecule has 0 fully saturated rings. The number of rotatable bonds is 7. The summed E-state index contributed by atoms with van der Waals surface area (Å²) >= 11 is 3.12. The fraction of sp³-hybridized carbons (Fsp3) is 0.333. The van der Waals surface area contributed by atoms with Crippen LogP contribution in [-0.2, 0) is 16.6 Å². The van der Waals surface area contributed by atoms with Gasteiger partial charge in [0.1, 0.15) is 10.7 Å². The van der Waals surface area contributed by atoms with Crippen LogP contribution in [0.5, 0.6) is 0 Å². The van der Waals surface area contributed by atoms with E-state index in [1.54, 1.807) is 6.07 Å². The maximum Gasteiger partial charge on any atom is 0.268 e. The fourth-order valence-electron chi connectivity index (χ4n) is 1.58. The van der Waals surface area contributed by atoms with E-state index >= 15 is 0 Å². The Labute approximate surface area is 131 Å². The molecule has 0 saturated carbocycles. The zero-order chi connectivity index (χ0) is 15.3. The Morgan fingerprint density at radius 2 is 2.05 bits per heavy atom. The highest BCUT2D eigenvalue weighted by molar-refractivity contribution is 9.10. The Morgan fingerprint density at radius 3 is 2.71 bits per heavy atom. The van der Waals surface area contributed by atoms with E-state index < -0.39 is 10.0 Å². The highest BCUT2D eigenvalue weighted by Gasteiger charge is 2.23. The first-order chi connectivity index (χ1) is 10.0. The average molecular weight is 375 g/mol. The van der Waals surface area contributed by atoms with Crippen LogP contribution in [0.25, 0.3) is 0 Å². The molecule has 114 valence electrons. The molecule has 2 aromatic rings. The van der Waals surface area contributed by atoms with Gasteiger partial charge in [-0.3, -0.25) is 0 Å². The molecule has 0 saturated heterocycles. The van der Waals surface area contributed by atoms with Crippen LogP contribution in [0.3, 0.4) is 0 Å². The van der Waals surface area contributed by atoms with Gasteiger partial charge in [0.2, 0.25) is 5.95 Å². The summed E-state index contributed by atoms with van der Waals surface area (Å²) in [6, 6.07) is 3.07. The maximum absolute atomic E-state index is 12.3. The summed E-state index contributed by atoms with van der Waals surface area (Å²) in [4.78, 5) is 7.67. The Bertz CT molecular complexity index is 688. The first-order valence-electron chi connectivity index (χ1n) is 6.31. The van der Waals surface area contributed by atoms with Crippen molar-refractivity contribution in [2.75, 3.05) is 11.3 Å². The summed E-state index contributed by atoms with van der Waals surface area (Å²) in [5.41, 5.74) is 0. The molecule has 0 aliphatic heterocycles. The molecular formula is C12H15BrN4O3S. The zero-order valence-corrected chi connectivity index (χ0v) is 13.7. The Balaban J connectivity index is 2.16. The molecule has 0 aromatic carbocycles. The van der Waals surface area contributed by atoms with Crippen molar-refractivity contribution < 1.29 is 12.8 Å². The van der Waals surface area contributed by atoms with E-state index in [1.165, 1.54) is 18.5 Å². The van der Waals surface area contributed by atoms with E-state index in [9.17, 15) is 8.42 Å². The quantitative estimate of drug-likeness (QED) is 0.720. The third-order valence-corrected chi connectivity index (χ3v) is 4.70. The smallest absolute Gasteiger partial charge is 0.268 e. The lowest BCUT2D eigenvalue weighted by molar-refractivity contribution is 0.461. The summed E-state index contributed by atoms with van der Waals surface area (Å²) in [6.45, 7) is 3.34. The van der Waals surface area contributed by atoms with E-state index in [4.69, 9.17) is 4.42 Å². The topological polar surface area (TPSA) is 97.1 Å². The molecule has 0 radical (unpaired) electrons. The van der Waals surface area contributed by atoms with Gasteiger partial charge >= 0.3 is 0 Å². The van der Waals surface area contributed by atoms with Crippen LogP contribution in [0, 0.1) is 0 Å². The van der Waals surface area contributed by atoms with Gasteiger partial charge in [-0.1, -0.05) is 6.92 Å². The van der Waals surface area contributed by atoms with Crippen LogP contribution in [0.4, 0.5) is 5.95 Å². The van der Waals surface area contributed by atoms with Crippen molar-refractivity contribution in [2.24, 2.45) is 0 Å². The van der Waals surface area contributed by atoms with E-state index in [0.717, 1.165) is 13.0 Å². The van der Waals surface area contributed by atoms with Gasteiger partial charge in [-0.05, 0) is 35.0 Å². The molecule has 2 heterocycles. The Kier molecular flexibility index (Phi) is 5.32. The van der Waals surface area contributed by atoms with Crippen molar-refractivity contribution in [3.63, 3.8) is 0 Å². The van der Waals surface area contributed by atoms with Gasteiger partial charge in [-0.25, -0.2) is 23.1 Å². The van der Waals surface area contributed by atoms with Gasteiger partial charge in [0.25, 0.3) is 10.0 Å². The maximum atomic E-state index is 12.3. The van der Waals surface area contributed by atoms with E-state index in [2.05, 4.69) is 35.9 Å². The molecule has 0 aliphatic rings. The molecular weight excluding hydrogens is 360 g/mol. The van der Waals surface area contributed by atoms with Crippen LogP contribution < -0.4 is 10.0 Å². The molecule has 2 rings (SSSR count). The standard InChI is InChI=1S/C12H15BrN4O3S/c1-2-4-14-8-9-7-10(11(13)20-9)21(18,19)17-12-15-5-3-6-16-12/h3,5-7,14H,2,4,8H2,1H3,(H,15,16,17). The lowest BCUT2D eigenvalue weighted by Crippen LogP contribution is -2.15. The molecule has 21 heavy (non-hydrogen) atoms. The van der Waals surface area contributed by atoms with Gasteiger partial charge in [0, 0.05) is 18.5 Å². The summed E-state index contributed by atoms with van der Waals surface area (Å²) < 4.78 is 32.4. The number of hydrogen-bond donors (Lipinski definition) is 2. The second kappa shape index (κ2) is 7.01. The van der Waals surface area contributed by atoms with Gasteiger partial charge in [-0.2, -0.15) is 0 Å². The summed E-state index contributed by atoms with van der Waals surface area (Å²) in [5.74, 6) is 0.543. The lowest BCUT2D eigenvalue weighted by Gasteiger charge is -2.03. The minimum absolute atomic E-state index is 0.0104. The minimum atomic E-state index is -3.80. The molecule has 0 unspecified atom stereocenters. The zero-order valence-electron chi connectivity index (χ0n) is 11.3. The fourth-order valence-corrected chi connectivity index (χ4v) is 3.54. The Morgan fingerprint density at radius 1 is 1.33 bits per heavy atom. The number of sulfonamides is 1. The number of hydrogen-bond acceptors (Lipinski definition) is 6. The van der Waals surface area contributed by atoms with E-state index in [-0.39, 0.29) is 15.5 Å². The van der Waals surface area contributed by atoms with Crippen LogP contribution >= 0.6 is 15.9 Å². The highest BCUT2D eigenvalue weighted by Crippen LogP contribution is 2.27. The van der Waals surface area contributed by atoms with Crippen LogP contribution in [0.15, 0.2) is 38.5 Å². The van der Waals surface area contributed by atoms with Gasteiger partial charge in [0.05, 0.1) is 6.54 Å². The van der Waals surface area contributed by atoms with Crippen molar-refractivity contribution in [3.8, 4) is 0 Å². The predicted molar refractivity (Wildman–Crippen MR) is 81.2 cm³/mol. The van der Waals surface area contributed by atoms with Crippen molar-refractivity contribution in [1.82, 2.24) is 15.3 Å². The Hall–Kier alpha value is -1.45. The van der Waals surface area contributed by atoms with E-state index in [1.807, 2.05) is 6.92 Å². The average Bonchev–Trinajstić information content (AvgIpc) is 2.82. The number of halogens is 1. The third-order valence-electron chi connectivity index (χ3n) is 2.51. The van der Waals surface area contributed by atoms with Gasteiger partial charge in [0.15, 0.2) is 4.67 Å². The molecule has 0 atom stereocenters. The summed E-state index contributed by atoms with van der Waals surface area (Å²) in [7, 11) is -3.80. The molecule has 0 bridgehead atoms. The number of nitrogens with zero attached hydrogens (tertiary/aromatic N) is 2. The lowest BCUT2D eigenvalue weighted by atomic mass is 10.4. The molecule has 0 spiro atoms.